The van der Waals surface area contributed by atoms with E-state index in [1.54, 1.807) is 29.7 Å². The molecule has 0 radical (unpaired) electrons. The van der Waals surface area contributed by atoms with Crippen molar-refractivity contribution in [3.05, 3.63) is 81.4 Å². The monoisotopic (exact) mass is 504 g/mol. The number of esters is 1. The lowest BCUT2D eigenvalue weighted by molar-refractivity contribution is -0.140. The summed E-state index contributed by atoms with van der Waals surface area (Å²) in [6, 6.07) is 12.9. The fourth-order valence-corrected chi connectivity index (χ4v) is 4.93. The fraction of sp³-hybridized carbons (Fsp3) is 0.286. The summed E-state index contributed by atoms with van der Waals surface area (Å²) in [5, 5.41) is 12.1. The van der Waals surface area contributed by atoms with Crippen molar-refractivity contribution in [3.8, 4) is 23.0 Å². The highest BCUT2D eigenvalue weighted by Gasteiger charge is 2.30. The molecule has 5 rings (SSSR count). The Kier molecular flexibility index (Phi) is 6.52. The van der Waals surface area contributed by atoms with Crippen molar-refractivity contribution in [2.24, 2.45) is 0 Å². The van der Waals surface area contributed by atoms with Gasteiger partial charge in [-0.25, -0.2) is 0 Å². The number of aromatic hydroxyl groups is 1. The Morgan fingerprint density at radius 1 is 1.19 bits per heavy atom. The maximum Gasteiger partial charge on any atom is 0.306 e. The first-order valence-electron chi connectivity index (χ1n) is 11.9. The Labute approximate surface area is 213 Å². The number of pyridine rings is 1. The third kappa shape index (κ3) is 4.48. The molecule has 0 aliphatic carbocycles. The van der Waals surface area contributed by atoms with Gasteiger partial charge in [-0.3, -0.25) is 9.59 Å². The van der Waals surface area contributed by atoms with Crippen LogP contribution in [0.25, 0.3) is 10.9 Å². The molecule has 0 fully saturated rings. The molecule has 3 heterocycles. The second-order valence-electron chi connectivity index (χ2n) is 8.94. The van der Waals surface area contributed by atoms with Gasteiger partial charge in [-0.1, -0.05) is 18.2 Å². The molecule has 0 amide bonds. The molecule has 9 nitrogen and oxygen atoms in total. The number of ether oxygens (including phenoxy) is 4. The van der Waals surface area contributed by atoms with E-state index in [1.165, 1.54) is 14.2 Å². The van der Waals surface area contributed by atoms with Gasteiger partial charge in [0, 0.05) is 35.3 Å². The van der Waals surface area contributed by atoms with Crippen LogP contribution < -0.4 is 19.8 Å². The third-order valence-corrected chi connectivity index (χ3v) is 6.83. The zero-order chi connectivity index (χ0) is 26.1. The lowest BCUT2D eigenvalue weighted by Gasteiger charge is -2.21. The van der Waals surface area contributed by atoms with Crippen molar-refractivity contribution in [1.82, 2.24) is 9.55 Å². The molecule has 1 atom stereocenters. The van der Waals surface area contributed by atoms with Gasteiger partial charge in [-0.05, 0) is 48.7 Å². The molecule has 0 saturated carbocycles. The summed E-state index contributed by atoms with van der Waals surface area (Å²) in [6.45, 7) is 2.21. The molecule has 2 N–H and O–H groups in total. The van der Waals surface area contributed by atoms with Crippen molar-refractivity contribution < 1.29 is 28.8 Å². The van der Waals surface area contributed by atoms with E-state index in [0.29, 0.717) is 41.5 Å². The van der Waals surface area contributed by atoms with Crippen molar-refractivity contribution >= 4 is 16.9 Å². The number of aromatic nitrogens is 2. The van der Waals surface area contributed by atoms with Crippen molar-refractivity contribution in [2.75, 3.05) is 21.0 Å². The van der Waals surface area contributed by atoms with Crippen LogP contribution in [-0.2, 0) is 22.5 Å². The van der Waals surface area contributed by atoms with E-state index in [9.17, 15) is 14.7 Å². The highest BCUT2D eigenvalue weighted by molar-refractivity contribution is 5.83. The molecule has 9 heteroatoms. The maximum absolute atomic E-state index is 13.9. The Balaban J connectivity index is 1.57. The molecule has 0 bridgehead atoms. The summed E-state index contributed by atoms with van der Waals surface area (Å²) in [6.07, 6.45) is 2.40. The number of para-hydroxylation sites is 1. The number of methoxy groups -OCH3 is 2. The minimum Gasteiger partial charge on any atom is -0.507 e. The number of nitrogens with one attached hydrogen (secondary N) is 1. The number of carbonyl (C=O) groups excluding carboxylic acids is 1. The molecule has 1 aliphatic heterocycles. The van der Waals surface area contributed by atoms with Gasteiger partial charge in [0.2, 0.25) is 12.5 Å². The summed E-state index contributed by atoms with van der Waals surface area (Å²) in [4.78, 5) is 29.6. The van der Waals surface area contributed by atoms with Gasteiger partial charge in [0.05, 0.1) is 26.2 Å². The molecule has 4 aromatic rings. The van der Waals surface area contributed by atoms with Gasteiger partial charge >= 0.3 is 5.97 Å². The van der Waals surface area contributed by atoms with Crippen LogP contribution >= 0.6 is 0 Å². The van der Waals surface area contributed by atoms with E-state index >= 15 is 0 Å². The number of aryl methyl sites for hydroxylation is 2. The van der Waals surface area contributed by atoms with Crippen LogP contribution in [0.2, 0.25) is 0 Å². The number of H-pyrrole nitrogens is 1. The predicted molar refractivity (Wildman–Crippen MR) is 137 cm³/mol. The number of aromatic amines is 1. The zero-order valence-electron chi connectivity index (χ0n) is 20.9. The van der Waals surface area contributed by atoms with E-state index in [1.807, 2.05) is 30.5 Å². The molecule has 0 spiro atoms. The Bertz CT molecular complexity index is 1540. The molecule has 1 aliphatic rings. The summed E-state index contributed by atoms with van der Waals surface area (Å²) in [7, 11) is 2.78. The van der Waals surface area contributed by atoms with E-state index in [-0.39, 0.29) is 30.1 Å². The largest absolute Gasteiger partial charge is 0.507 e. The first-order chi connectivity index (χ1) is 17.9. The SMILES string of the molecule is COC(=O)C[C@@H](c1cc(OC)c2c(c1)OCO2)c1c(O)cc(C)n(CCc2c[nH]c3ccccc23)c1=O. The van der Waals surface area contributed by atoms with Crippen LogP contribution in [0.5, 0.6) is 23.0 Å². The molecule has 2 aromatic carbocycles. The highest BCUT2D eigenvalue weighted by Crippen LogP contribution is 2.45. The molecule has 2 aromatic heterocycles. The van der Waals surface area contributed by atoms with Gasteiger partial charge in [0.25, 0.3) is 5.56 Å². The number of benzene rings is 2. The summed E-state index contributed by atoms with van der Waals surface area (Å²) in [5.74, 6) is -0.208. The minimum atomic E-state index is -0.803. The lowest BCUT2D eigenvalue weighted by atomic mass is 9.87. The topological polar surface area (TPSA) is 112 Å². The normalized spacial score (nSPS) is 13.1. The molecule has 0 saturated heterocycles. The molecule has 37 heavy (non-hydrogen) atoms. The quantitative estimate of drug-likeness (QED) is 0.349. The summed E-state index contributed by atoms with van der Waals surface area (Å²) in [5.41, 5.74) is 3.03. The van der Waals surface area contributed by atoms with E-state index in [4.69, 9.17) is 18.9 Å². The summed E-state index contributed by atoms with van der Waals surface area (Å²) >= 11 is 0. The molecule has 192 valence electrons. The van der Waals surface area contributed by atoms with E-state index in [2.05, 4.69) is 4.98 Å². The Morgan fingerprint density at radius 3 is 2.78 bits per heavy atom. The summed E-state index contributed by atoms with van der Waals surface area (Å²) < 4.78 is 23.1. The Hall–Kier alpha value is -4.40. The number of carbonyl (C=O) groups is 1. The molecular weight excluding hydrogens is 476 g/mol. The highest BCUT2D eigenvalue weighted by atomic mass is 16.7. The van der Waals surface area contributed by atoms with Gasteiger partial charge in [-0.15, -0.1) is 0 Å². The third-order valence-electron chi connectivity index (χ3n) is 6.83. The van der Waals surface area contributed by atoms with Gasteiger partial charge in [0.15, 0.2) is 11.5 Å². The second-order valence-corrected chi connectivity index (χ2v) is 8.94. The zero-order valence-corrected chi connectivity index (χ0v) is 20.9. The first-order valence-corrected chi connectivity index (χ1v) is 11.9. The van der Waals surface area contributed by atoms with Crippen molar-refractivity contribution in [3.63, 3.8) is 0 Å². The van der Waals surface area contributed by atoms with Crippen LogP contribution in [0, 0.1) is 6.92 Å². The second kappa shape index (κ2) is 9.93. The van der Waals surface area contributed by atoms with Crippen LogP contribution in [-0.4, -0.2) is 41.6 Å². The lowest BCUT2D eigenvalue weighted by Crippen LogP contribution is -2.29. The maximum atomic E-state index is 13.9. The van der Waals surface area contributed by atoms with Crippen LogP contribution in [0.4, 0.5) is 0 Å². The van der Waals surface area contributed by atoms with Crippen molar-refractivity contribution in [2.45, 2.75) is 32.2 Å². The van der Waals surface area contributed by atoms with Gasteiger partial charge in [-0.2, -0.15) is 0 Å². The average molecular weight is 505 g/mol. The first kappa shape index (κ1) is 24.3. The number of nitrogens with zero attached hydrogens (tertiary/aromatic N) is 1. The molecular formula is C28H28N2O7. The van der Waals surface area contributed by atoms with Crippen molar-refractivity contribution in [1.29, 1.82) is 0 Å². The van der Waals surface area contributed by atoms with Gasteiger partial charge < -0.3 is 33.6 Å². The number of hydrogen-bond acceptors (Lipinski definition) is 7. The number of hydrogen-bond donors (Lipinski definition) is 2. The Morgan fingerprint density at radius 2 is 2.00 bits per heavy atom. The number of fused-ring (bicyclic) bond motifs is 2. The van der Waals surface area contributed by atoms with Crippen LogP contribution in [0.1, 0.15) is 34.7 Å². The van der Waals surface area contributed by atoms with Crippen LogP contribution in [0.3, 0.4) is 0 Å². The standard InChI is InChI=1S/C28H28N2O7/c1-16-10-22(31)26(28(33)30(16)9-8-17-14-29-21-7-5-4-6-19(17)21)20(13-25(32)35-3)18-11-23(34-2)27-24(12-18)36-15-37-27/h4-7,10-12,14,20,29,31H,8-9,13,15H2,1-3H3/t20-/m0/s1. The fourth-order valence-electron chi connectivity index (χ4n) is 4.93. The van der Waals surface area contributed by atoms with Crippen LogP contribution in [0.15, 0.2) is 53.5 Å². The average Bonchev–Trinajstić information content (AvgIpc) is 3.54. The van der Waals surface area contributed by atoms with E-state index in [0.717, 1.165) is 16.5 Å². The number of rotatable bonds is 8. The predicted octanol–water partition coefficient (Wildman–Crippen LogP) is 4.02. The van der Waals surface area contributed by atoms with E-state index < -0.39 is 11.9 Å². The smallest absolute Gasteiger partial charge is 0.306 e. The minimum absolute atomic E-state index is 0.0350. The van der Waals surface area contributed by atoms with Gasteiger partial charge in [0.1, 0.15) is 5.75 Å². The molecule has 0 unspecified atom stereocenters.